The number of amides is 1. The molecule has 134 valence electrons. The van der Waals surface area contributed by atoms with Crippen LogP contribution in [0.1, 0.15) is 51.9 Å². The van der Waals surface area contributed by atoms with Crippen molar-refractivity contribution in [3.05, 3.63) is 22.0 Å². The first-order valence-electron chi connectivity index (χ1n) is 8.52. The van der Waals surface area contributed by atoms with Crippen molar-refractivity contribution in [1.82, 2.24) is 14.9 Å². The summed E-state index contributed by atoms with van der Waals surface area (Å²) in [6.45, 7) is 3.90. The molecule has 0 bridgehead atoms. The van der Waals surface area contributed by atoms with Crippen molar-refractivity contribution in [2.45, 2.75) is 45.1 Å². The summed E-state index contributed by atoms with van der Waals surface area (Å²) in [6.07, 6.45) is 2.79. The number of nitrogens with zero attached hydrogens (tertiary/aromatic N) is 3. The van der Waals surface area contributed by atoms with E-state index in [9.17, 15) is 13.2 Å². The van der Waals surface area contributed by atoms with Crippen molar-refractivity contribution >= 4 is 37.3 Å². The van der Waals surface area contributed by atoms with Crippen LogP contribution in [0.4, 0.5) is 0 Å². The molecular formula is C17H21N3O3S2. The van der Waals surface area contributed by atoms with E-state index in [0.717, 1.165) is 40.1 Å². The molecule has 25 heavy (non-hydrogen) atoms. The number of fused-ring (bicyclic) bond motifs is 1. The second kappa shape index (κ2) is 5.74. The minimum Gasteiger partial charge on any atom is -0.337 e. The second-order valence-electron chi connectivity index (χ2n) is 7.15. The Kier molecular flexibility index (Phi) is 3.88. The molecule has 2 aromatic heterocycles. The number of thiophene rings is 1. The standard InChI is InChI=1S/C17H21N3O3S2/c1-9-13-10(2)18-15(11-4-5-11)19-16(13)24-14(9)17(21)20(3)12-6-7-25(22,23)8-12/h11-12H,4-8H2,1-3H3. The molecule has 2 aromatic rings. The van der Waals surface area contributed by atoms with Crippen molar-refractivity contribution in [1.29, 1.82) is 0 Å². The quantitative estimate of drug-likeness (QED) is 0.818. The molecule has 1 atom stereocenters. The number of hydrogen-bond donors (Lipinski definition) is 0. The Labute approximate surface area is 151 Å². The number of hydrogen-bond acceptors (Lipinski definition) is 6. The van der Waals surface area contributed by atoms with Gasteiger partial charge in [0, 0.05) is 24.4 Å². The van der Waals surface area contributed by atoms with Crippen molar-refractivity contribution in [3.63, 3.8) is 0 Å². The van der Waals surface area contributed by atoms with E-state index < -0.39 is 9.84 Å². The van der Waals surface area contributed by atoms with Crippen molar-refractivity contribution < 1.29 is 13.2 Å². The van der Waals surface area contributed by atoms with Crippen molar-refractivity contribution in [3.8, 4) is 0 Å². The van der Waals surface area contributed by atoms with E-state index in [1.807, 2.05) is 13.8 Å². The third-order valence-corrected chi connectivity index (χ3v) is 8.13. The first-order chi connectivity index (χ1) is 11.8. The largest absolute Gasteiger partial charge is 0.337 e. The predicted molar refractivity (Wildman–Crippen MR) is 98.0 cm³/mol. The van der Waals surface area contributed by atoms with Gasteiger partial charge in [0.1, 0.15) is 10.7 Å². The number of carbonyl (C=O) groups excluding carboxylic acids is 1. The lowest BCUT2D eigenvalue weighted by Gasteiger charge is -2.23. The average Bonchev–Trinajstić information content (AvgIpc) is 3.26. The van der Waals surface area contributed by atoms with Gasteiger partial charge in [-0.15, -0.1) is 11.3 Å². The van der Waals surface area contributed by atoms with Crippen LogP contribution in [-0.4, -0.2) is 53.8 Å². The van der Waals surface area contributed by atoms with Crippen LogP contribution in [-0.2, 0) is 9.84 Å². The highest BCUT2D eigenvalue weighted by molar-refractivity contribution is 7.91. The summed E-state index contributed by atoms with van der Waals surface area (Å²) in [5.74, 6) is 1.46. The third-order valence-electron chi connectivity index (χ3n) is 5.20. The van der Waals surface area contributed by atoms with Gasteiger partial charge in [0.2, 0.25) is 0 Å². The zero-order valence-corrected chi connectivity index (χ0v) is 16.2. The lowest BCUT2D eigenvalue weighted by Crippen LogP contribution is -2.37. The van der Waals surface area contributed by atoms with E-state index in [-0.39, 0.29) is 23.5 Å². The maximum absolute atomic E-state index is 13.0. The molecule has 1 unspecified atom stereocenters. The summed E-state index contributed by atoms with van der Waals surface area (Å²) in [6, 6.07) is -0.240. The van der Waals surface area contributed by atoms with Crippen LogP contribution in [0.3, 0.4) is 0 Å². The van der Waals surface area contributed by atoms with Crippen LogP contribution >= 0.6 is 11.3 Å². The van der Waals surface area contributed by atoms with E-state index in [2.05, 4.69) is 9.97 Å². The summed E-state index contributed by atoms with van der Waals surface area (Å²) in [7, 11) is -1.32. The van der Waals surface area contributed by atoms with Crippen LogP contribution in [0.5, 0.6) is 0 Å². The fraction of sp³-hybridized carbons (Fsp3) is 0.588. The summed E-state index contributed by atoms with van der Waals surface area (Å²) in [5, 5.41) is 0.963. The monoisotopic (exact) mass is 379 g/mol. The van der Waals surface area contributed by atoms with Crippen molar-refractivity contribution in [2.24, 2.45) is 0 Å². The Morgan fingerprint density at radius 2 is 1.92 bits per heavy atom. The molecule has 1 saturated heterocycles. The highest BCUT2D eigenvalue weighted by Gasteiger charge is 2.34. The smallest absolute Gasteiger partial charge is 0.264 e. The van der Waals surface area contributed by atoms with E-state index >= 15 is 0 Å². The zero-order valence-electron chi connectivity index (χ0n) is 14.6. The van der Waals surface area contributed by atoms with Gasteiger partial charge in [-0.05, 0) is 38.7 Å². The number of sulfone groups is 1. The molecule has 1 amide bonds. The first-order valence-corrected chi connectivity index (χ1v) is 11.2. The van der Waals surface area contributed by atoms with E-state index in [1.54, 1.807) is 11.9 Å². The Morgan fingerprint density at radius 3 is 2.52 bits per heavy atom. The van der Waals surface area contributed by atoms with Gasteiger partial charge in [-0.2, -0.15) is 0 Å². The van der Waals surface area contributed by atoms with Gasteiger partial charge in [0.15, 0.2) is 9.84 Å². The lowest BCUT2D eigenvalue weighted by molar-refractivity contribution is 0.0752. The summed E-state index contributed by atoms with van der Waals surface area (Å²) in [4.78, 5) is 25.4. The fourth-order valence-electron chi connectivity index (χ4n) is 3.49. The van der Waals surface area contributed by atoms with E-state index in [1.165, 1.54) is 11.3 Å². The molecule has 2 aliphatic rings. The highest BCUT2D eigenvalue weighted by Crippen LogP contribution is 2.40. The third kappa shape index (κ3) is 2.95. The van der Waals surface area contributed by atoms with Gasteiger partial charge in [-0.25, -0.2) is 18.4 Å². The Balaban J connectivity index is 1.70. The average molecular weight is 380 g/mol. The van der Waals surface area contributed by atoms with Gasteiger partial charge < -0.3 is 4.90 Å². The molecule has 2 fully saturated rings. The summed E-state index contributed by atoms with van der Waals surface area (Å²) >= 11 is 1.40. The Hall–Kier alpha value is -1.54. The maximum atomic E-state index is 13.0. The highest BCUT2D eigenvalue weighted by atomic mass is 32.2. The number of carbonyl (C=O) groups is 1. The predicted octanol–water partition coefficient (Wildman–Crippen LogP) is 2.44. The van der Waals surface area contributed by atoms with Crippen molar-refractivity contribution in [2.75, 3.05) is 18.6 Å². The molecule has 8 heteroatoms. The SMILES string of the molecule is Cc1nc(C2CC2)nc2sc(C(=O)N(C)C3CCS(=O)(=O)C3)c(C)c12. The maximum Gasteiger partial charge on any atom is 0.264 e. The van der Waals surface area contributed by atoms with Gasteiger partial charge in [-0.3, -0.25) is 4.79 Å². The van der Waals surface area contributed by atoms with Crippen LogP contribution in [0.15, 0.2) is 0 Å². The second-order valence-corrected chi connectivity index (χ2v) is 10.4. The van der Waals surface area contributed by atoms with Crippen LogP contribution in [0.2, 0.25) is 0 Å². The van der Waals surface area contributed by atoms with Gasteiger partial charge in [0.25, 0.3) is 5.91 Å². The summed E-state index contributed by atoms with van der Waals surface area (Å²) < 4.78 is 23.4. The van der Waals surface area contributed by atoms with Crippen LogP contribution < -0.4 is 0 Å². The molecule has 0 aromatic carbocycles. The fourth-order valence-corrected chi connectivity index (χ4v) is 6.49. The number of rotatable bonds is 3. The number of aryl methyl sites for hydroxylation is 2. The summed E-state index contributed by atoms with van der Waals surface area (Å²) in [5.41, 5.74) is 1.82. The zero-order chi connectivity index (χ0) is 17.9. The lowest BCUT2D eigenvalue weighted by atomic mass is 10.1. The van der Waals surface area contributed by atoms with Gasteiger partial charge in [0.05, 0.1) is 22.1 Å². The van der Waals surface area contributed by atoms with Crippen LogP contribution in [0.25, 0.3) is 10.2 Å². The molecule has 6 nitrogen and oxygen atoms in total. The Bertz CT molecular complexity index is 977. The van der Waals surface area contributed by atoms with E-state index in [4.69, 9.17) is 0 Å². The molecule has 4 rings (SSSR count). The topological polar surface area (TPSA) is 80.2 Å². The molecule has 3 heterocycles. The molecule has 0 radical (unpaired) electrons. The normalized spacial score (nSPS) is 22.4. The van der Waals surface area contributed by atoms with E-state index in [0.29, 0.717) is 17.2 Å². The number of aromatic nitrogens is 2. The minimum absolute atomic E-state index is 0.0594. The van der Waals surface area contributed by atoms with Crippen LogP contribution in [0, 0.1) is 13.8 Å². The molecule has 1 saturated carbocycles. The van der Waals surface area contributed by atoms with Gasteiger partial charge in [-0.1, -0.05) is 0 Å². The molecule has 1 aliphatic carbocycles. The molecule has 0 N–H and O–H groups in total. The minimum atomic E-state index is -3.02. The molecular weight excluding hydrogens is 358 g/mol. The van der Waals surface area contributed by atoms with Gasteiger partial charge >= 0.3 is 0 Å². The Morgan fingerprint density at radius 1 is 1.20 bits per heavy atom. The molecule has 0 spiro atoms. The first kappa shape index (κ1) is 16.9. The molecule has 1 aliphatic heterocycles.